The molecule has 1 aliphatic heterocycles. The summed E-state index contributed by atoms with van der Waals surface area (Å²) in [6.07, 6.45) is 1.62. The lowest BCUT2D eigenvalue weighted by atomic mass is 10.2. The number of amides is 2. The molecule has 32 heavy (non-hydrogen) atoms. The minimum absolute atomic E-state index is 0.0148. The Morgan fingerprint density at radius 1 is 1.22 bits per heavy atom. The number of nitrogens with one attached hydrogen (secondary N) is 1. The van der Waals surface area contributed by atoms with Crippen molar-refractivity contribution in [3.8, 4) is 11.4 Å². The molecule has 4 heterocycles. The van der Waals surface area contributed by atoms with Crippen LogP contribution >= 0.6 is 34.5 Å². The third kappa shape index (κ3) is 4.80. The van der Waals surface area contributed by atoms with Gasteiger partial charge in [0.05, 0.1) is 15.9 Å². The van der Waals surface area contributed by atoms with Crippen LogP contribution in [0.1, 0.15) is 6.92 Å². The lowest BCUT2D eigenvalue weighted by molar-refractivity contribution is 0.200. The smallest absolute Gasteiger partial charge is 0.331 e. The van der Waals surface area contributed by atoms with E-state index in [1.165, 1.54) is 21.8 Å². The number of thiophene rings is 1. The zero-order valence-corrected chi connectivity index (χ0v) is 19.9. The standard InChI is InChI=1S/C17H18Cl2N8O3S2/c1-2-27-22-15(21-24-27)11-9-12(18)16(20-10-11)25-5-7-26(8-6-25)17(28)23-32(29,30)14-4-3-13(19)31-14/h3-4,9-10H,2,5-8H2,1H3,(H,23,28). The molecule has 0 aliphatic carbocycles. The molecule has 0 saturated carbocycles. The number of anilines is 1. The number of aryl methyl sites for hydroxylation is 1. The highest BCUT2D eigenvalue weighted by atomic mass is 35.5. The summed E-state index contributed by atoms with van der Waals surface area (Å²) in [6, 6.07) is 3.86. The van der Waals surface area contributed by atoms with E-state index in [4.69, 9.17) is 23.2 Å². The predicted octanol–water partition coefficient (Wildman–Crippen LogP) is 2.34. The van der Waals surface area contributed by atoms with Crippen LogP contribution in [0.2, 0.25) is 9.36 Å². The number of hydrogen-bond acceptors (Lipinski definition) is 9. The SMILES string of the molecule is CCn1nnc(-c2cnc(N3CCN(C(=O)NS(=O)(=O)c4ccc(Cl)s4)CC3)c(Cl)c2)n1. The molecule has 0 unspecified atom stereocenters. The summed E-state index contributed by atoms with van der Waals surface area (Å²) < 4.78 is 27.1. The van der Waals surface area contributed by atoms with Gasteiger partial charge in [0.15, 0.2) is 0 Å². The van der Waals surface area contributed by atoms with Gasteiger partial charge < -0.3 is 9.80 Å². The zero-order chi connectivity index (χ0) is 22.9. The second-order valence-electron chi connectivity index (χ2n) is 6.77. The van der Waals surface area contributed by atoms with E-state index in [0.29, 0.717) is 59.3 Å². The number of hydrogen-bond donors (Lipinski definition) is 1. The summed E-state index contributed by atoms with van der Waals surface area (Å²) in [5, 5.41) is 12.6. The molecule has 0 bridgehead atoms. The Bertz CT molecular complexity index is 1240. The summed E-state index contributed by atoms with van der Waals surface area (Å²) in [7, 11) is -3.96. The Morgan fingerprint density at radius 2 is 1.97 bits per heavy atom. The number of rotatable bonds is 5. The van der Waals surface area contributed by atoms with Crippen LogP contribution in [0.5, 0.6) is 0 Å². The molecule has 0 aromatic carbocycles. The van der Waals surface area contributed by atoms with Gasteiger partial charge in [-0.25, -0.2) is 22.9 Å². The fraction of sp³-hybridized carbons (Fsp3) is 0.353. The van der Waals surface area contributed by atoms with Crippen molar-refractivity contribution in [1.82, 2.24) is 34.8 Å². The van der Waals surface area contributed by atoms with Crippen LogP contribution < -0.4 is 9.62 Å². The number of aromatic nitrogens is 5. The molecule has 1 aliphatic rings. The fourth-order valence-corrected chi connectivity index (χ4v) is 5.81. The topological polar surface area (TPSA) is 126 Å². The van der Waals surface area contributed by atoms with Crippen molar-refractivity contribution in [3.05, 3.63) is 33.8 Å². The van der Waals surface area contributed by atoms with Crippen LogP contribution in [-0.4, -0.2) is 70.7 Å². The Balaban J connectivity index is 1.38. The van der Waals surface area contributed by atoms with Crippen molar-refractivity contribution >= 4 is 56.4 Å². The number of halogens is 2. The molecule has 0 spiro atoms. The van der Waals surface area contributed by atoms with E-state index in [1.54, 1.807) is 12.3 Å². The van der Waals surface area contributed by atoms with Crippen molar-refractivity contribution in [2.45, 2.75) is 17.7 Å². The highest BCUT2D eigenvalue weighted by Gasteiger charge is 2.27. The van der Waals surface area contributed by atoms with Crippen LogP contribution in [0.4, 0.5) is 10.6 Å². The number of piperazine rings is 1. The third-order valence-electron chi connectivity index (χ3n) is 4.72. The Labute approximate surface area is 198 Å². The van der Waals surface area contributed by atoms with Gasteiger partial charge in [-0.05, 0) is 30.3 Å². The van der Waals surface area contributed by atoms with Crippen LogP contribution in [0.15, 0.2) is 28.6 Å². The highest BCUT2D eigenvalue weighted by molar-refractivity contribution is 7.92. The van der Waals surface area contributed by atoms with Crippen LogP contribution in [0.25, 0.3) is 11.4 Å². The first kappa shape index (κ1) is 22.7. The van der Waals surface area contributed by atoms with Crippen LogP contribution in [0, 0.1) is 0 Å². The molecule has 11 nitrogen and oxygen atoms in total. The summed E-state index contributed by atoms with van der Waals surface area (Å²) >= 11 is 13.1. The summed E-state index contributed by atoms with van der Waals surface area (Å²) in [4.78, 5) is 21.7. The average molecular weight is 517 g/mol. The van der Waals surface area contributed by atoms with Crippen molar-refractivity contribution in [1.29, 1.82) is 0 Å². The molecule has 4 rings (SSSR count). The lowest BCUT2D eigenvalue weighted by Crippen LogP contribution is -2.52. The van der Waals surface area contributed by atoms with Gasteiger partial charge >= 0.3 is 6.03 Å². The molecular formula is C17H18Cl2N8O3S2. The second-order valence-corrected chi connectivity index (χ2v) is 10.8. The molecule has 0 radical (unpaired) electrons. The third-order valence-corrected chi connectivity index (χ3v) is 8.04. The molecule has 15 heteroatoms. The first-order valence-corrected chi connectivity index (χ1v) is 12.6. The number of tetrazole rings is 1. The number of pyridine rings is 1. The molecule has 3 aromatic heterocycles. The highest BCUT2D eigenvalue weighted by Crippen LogP contribution is 2.28. The molecule has 1 saturated heterocycles. The van der Waals surface area contributed by atoms with E-state index >= 15 is 0 Å². The first-order valence-electron chi connectivity index (χ1n) is 9.52. The van der Waals surface area contributed by atoms with Gasteiger partial charge in [0.2, 0.25) is 5.82 Å². The number of urea groups is 1. The van der Waals surface area contributed by atoms with Gasteiger partial charge in [0.25, 0.3) is 10.0 Å². The quantitative estimate of drug-likeness (QED) is 0.547. The van der Waals surface area contributed by atoms with Gasteiger partial charge in [0.1, 0.15) is 10.0 Å². The minimum atomic E-state index is -3.96. The van der Waals surface area contributed by atoms with Crippen molar-refractivity contribution < 1.29 is 13.2 Å². The van der Waals surface area contributed by atoms with E-state index in [-0.39, 0.29) is 4.21 Å². The van der Waals surface area contributed by atoms with E-state index in [9.17, 15) is 13.2 Å². The Kier molecular flexibility index (Phi) is 6.51. The molecular weight excluding hydrogens is 499 g/mol. The van der Waals surface area contributed by atoms with E-state index < -0.39 is 16.1 Å². The van der Waals surface area contributed by atoms with Gasteiger partial charge in [-0.1, -0.05) is 23.2 Å². The number of nitrogens with zero attached hydrogens (tertiary/aromatic N) is 7. The predicted molar refractivity (Wildman–Crippen MR) is 121 cm³/mol. The van der Waals surface area contributed by atoms with Gasteiger partial charge in [-0.15, -0.1) is 21.5 Å². The number of carbonyl (C=O) groups is 1. The molecule has 1 N–H and O–H groups in total. The lowest BCUT2D eigenvalue weighted by Gasteiger charge is -2.35. The molecule has 0 atom stereocenters. The van der Waals surface area contributed by atoms with E-state index in [1.807, 2.05) is 11.8 Å². The Morgan fingerprint density at radius 3 is 2.56 bits per heavy atom. The minimum Gasteiger partial charge on any atom is -0.352 e. The molecule has 2 amide bonds. The number of sulfonamides is 1. The van der Waals surface area contributed by atoms with Gasteiger partial charge in [-0.3, -0.25) is 0 Å². The van der Waals surface area contributed by atoms with Crippen LogP contribution in [0.3, 0.4) is 0 Å². The summed E-state index contributed by atoms with van der Waals surface area (Å²) in [5.41, 5.74) is 0.648. The Hall–Kier alpha value is -2.48. The fourth-order valence-electron chi connectivity index (χ4n) is 3.07. The normalized spacial score (nSPS) is 14.6. The monoisotopic (exact) mass is 516 g/mol. The van der Waals surface area contributed by atoms with Crippen molar-refractivity contribution in [3.63, 3.8) is 0 Å². The molecule has 1 fully saturated rings. The zero-order valence-electron chi connectivity index (χ0n) is 16.8. The largest absolute Gasteiger partial charge is 0.352 e. The van der Waals surface area contributed by atoms with E-state index in [0.717, 1.165) is 11.3 Å². The number of carbonyl (C=O) groups excluding carboxylic acids is 1. The van der Waals surface area contributed by atoms with E-state index in [2.05, 4.69) is 25.1 Å². The van der Waals surface area contributed by atoms with Gasteiger partial charge in [0, 0.05) is 37.9 Å². The molecule has 3 aromatic rings. The summed E-state index contributed by atoms with van der Waals surface area (Å²) in [5.74, 6) is 1.00. The summed E-state index contributed by atoms with van der Waals surface area (Å²) in [6.45, 7) is 4.00. The maximum atomic E-state index is 12.5. The maximum Gasteiger partial charge on any atom is 0.331 e. The van der Waals surface area contributed by atoms with Crippen molar-refractivity contribution in [2.24, 2.45) is 0 Å². The average Bonchev–Trinajstić information content (AvgIpc) is 3.43. The second kappa shape index (κ2) is 9.17. The van der Waals surface area contributed by atoms with Gasteiger partial charge in [-0.2, -0.15) is 4.80 Å². The first-order chi connectivity index (χ1) is 15.3. The molecule has 170 valence electrons. The van der Waals surface area contributed by atoms with Crippen molar-refractivity contribution in [2.75, 3.05) is 31.1 Å². The van der Waals surface area contributed by atoms with Crippen LogP contribution in [-0.2, 0) is 16.6 Å². The maximum absolute atomic E-state index is 12.5.